The molecule has 1 aliphatic rings. The van der Waals surface area contributed by atoms with Crippen molar-refractivity contribution in [1.82, 2.24) is 10.6 Å². The molecule has 1 fully saturated rings. The second-order valence-electron chi connectivity index (χ2n) is 5.11. The molecule has 1 saturated carbocycles. The lowest BCUT2D eigenvalue weighted by molar-refractivity contribution is -0.138. The Morgan fingerprint density at radius 3 is 2.50 bits per heavy atom. The SMILES string of the molecule is CCC(CNC(=O)NCC1CCCC1)CC(=O)O. The van der Waals surface area contributed by atoms with Crippen LogP contribution in [0.4, 0.5) is 4.79 Å². The summed E-state index contributed by atoms with van der Waals surface area (Å²) in [5.74, 6) is -0.175. The predicted octanol–water partition coefficient (Wildman–Crippen LogP) is 1.98. The van der Waals surface area contributed by atoms with Crippen LogP contribution in [0.5, 0.6) is 0 Å². The van der Waals surface area contributed by atoms with Crippen molar-refractivity contribution in [2.24, 2.45) is 11.8 Å². The van der Waals surface area contributed by atoms with Crippen molar-refractivity contribution in [3.05, 3.63) is 0 Å². The van der Waals surface area contributed by atoms with Crippen molar-refractivity contribution < 1.29 is 14.7 Å². The molecule has 0 heterocycles. The number of urea groups is 1. The molecule has 1 aliphatic carbocycles. The Balaban J connectivity index is 2.12. The highest BCUT2D eigenvalue weighted by Crippen LogP contribution is 2.23. The molecular weight excluding hydrogens is 232 g/mol. The molecule has 1 rings (SSSR count). The smallest absolute Gasteiger partial charge is 0.314 e. The zero-order valence-electron chi connectivity index (χ0n) is 11.1. The minimum absolute atomic E-state index is 0.0136. The molecule has 104 valence electrons. The van der Waals surface area contributed by atoms with Gasteiger partial charge in [-0.25, -0.2) is 4.79 Å². The Morgan fingerprint density at radius 2 is 1.94 bits per heavy atom. The normalized spacial score (nSPS) is 17.4. The van der Waals surface area contributed by atoms with E-state index in [0.717, 1.165) is 13.0 Å². The van der Waals surface area contributed by atoms with Crippen LogP contribution in [-0.2, 0) is 4.79 Å². The van der Waals surface area contributed by atoms with Crippen LogP contribution in [0.1, 0.15) is 45.4 Å². The number of carbonyl (C=O) groups excluding carboxylic acids is 1. The van der Waals surface area contributed by atoms with Gasteiger partial charge in [-0.05, 0) is 24.7 Å². The third-order valence-electron chi connectivity index (χ3n) is 3.62. The quantitative estimate of drug-likeness (QED) is 0.651. The van der Waals surface area contributed by atoms with E-state index in [0.29, 0.717) is 12.5 Å². The summed E-state index contributed by atoms with van der Waals surface area (Å²) in [6, 6.07) is -0.175. The number of carbonyl (C=O) groups is 2. The second-order valence-corrected chi connectivity index (χ2v) is 5.11. The topological polar surface area (TPSA) is 78.4 Å². The summed E-state index contributed by atoms with van der Waals surface area (Å²) in [6.07, 6.45) is 5.82. The highest BCUT2D eigenvalue weighted by Gasteiger charge is 2.16. The van der Waals surface area contributed by atoms with Gasteiger partial charge in [-0.2, -0.15) is 0 Å². The van der Waals surface area contributed by atoms with Crippen molar-refractivity contribution >= 4 is 12.0 Å². The fourth-order valence-corrected chi connectivity index (χ4v) is 2.36. The minimum Gasteiger partial charge on any atom is -0.481 e. The summed E-state index contributed by atoms with van der Waals surface area (Å²) in [4.78, 5) is 22.1. The molecule has 0 spiro atoms. The second kappa shape index (κ2) is 7.95. The van der Waals surface area contributed by atoms with E-state index in [1.54, 1.807) is 0 Å². The summed E-state index contributed by atoms with van der Waals surface area (Å²) in [6.45, 7) is 3.10. The van der Waals surface area contributed by atoms with Crippen LogP contribution in [0.2, 0.25) is 0 Å². The number of aliphatic carboxylic acids is 1. The minimum atomic E-state index is -0.810. The average Bonchev–Trinajstić information content (AvgIpc) is 2.84. The van der Waals surface area contributed by atoms with Crippen LogP contribution in [0.3, 0.4) is 0 Å². The van der Waals surface area contributed by atoms with Crippen LogP contribution < -0.4 is 10.6 Å². The largest absolute Gasteiger partial charge is 0.481 e. The van der Waals surface area contributed by atoms with Crippen LogP contribution in [0, 0.1) is 11.8 Å². The fraction of sp³-hybridized carbons (Fsp3) is 0.846. The lowest BCUT2D eigenvalue weighted by Gasteiger charge is -2.15. The van der Waals surface area contributed by atoms with Crippen molar-refractivity contribution in [3.63, 3.8) is 0 Å². The maximum atomic E-state index is 11.5. The molecule has 2 amide bonds. The van der Waals surface area contributed by atoms with E-state index in [4.69, 9.17) is 5.11 Å². The van der Waals surface area contributed by atoms with Crippen LogP contribution in [0.25, 0.3) is 0 Å². The first-order valence-electron chi connectivity index (χ1n) is 6.85. The van der Waals surface area contributed by atoms with Crippen molar-refractivity contribution in [3.8, 4) is 0 Å². The Bertz CT molecular complexity index is 275. The number of hydrogen-bond donors (Lipinski definition) is 3. The number of hydrogen-bond acceptors (Lipinski definition) is 2. The van der Waals surface area contributed by atoms with Crippen molar-refractivity contribution in [2.75, 3.05) is 13.1 Å². The molecule has 5 nitrogen and oxygen atoms in total. The molecule has 18 heavy (non-hydrogen) atoms. The highest BCUT2D eigenvalue weighted by atomic mass is 16.4. The van der Waals surface area contributed by atoms with Crippen molar-refractivity contribution in [2.45, 2.75) is 45.4 Å². The Kier molecular flexibility index (Phi) is 6.54. The Morgan fingerprint density at radius 1 is 1.28 bits per heavy atom. The van der Waals surface area contributed by atoms with Gasteiger partial charge in [-0.1, -0.05) is 26.2 Å². The fourth-order valence-electron chi connectivity index (χ4n) is 2.36. The van der Waals surface area contributed by atoms with Gasteiger partial charge < -0.3 is 15.7 Å². The van der Waals surface area contributed by atoms with Gasteiger partial charge in [0.25, 0.3) is 0 Å². The predicted molar refractivity (Wildman–Crippen MR) is 69.4 cm³/mol. The standard InChI is InChI=1S/C13H24N2O3/c1-2-10(7-12(16)17)8-14-13(18)15-9-11-5-3-4-6-11/h10-11H,2-9H2,1H3,(H,16,17)(H2,14,15,18). The van der Waals surface area contributed by atoms with E-state index in [1.165, 1.54) is 25.7 Å². The number of nitrogens with one attached hydrogen (secondary N) is 2. The average molecular weight is 256 g/mol. The third kappa shape index (κ3) is 5.89. The summed E-state index contributed by atoms with van der Waals surface area (Å²) < 4.78 is 0. The first-order valence-corrected chi connectivity index (χ1v) is 6.85. The Labute approximate surface area is 108 Å². The number of rotatable bonds is 7. The van der Waals surface area contributed by atoms with Gasteiger partial charge in [0, 0.05) is 19.5 Å². The van der Waals surface area contributed by atoms with Gasteiger partial charge in [0.05, 0.1) is 0 Å². The molecule has 1 unspecified atom stereocenters. The molecule has 1 atom stereocenters. The number of amides is 2. The number of carboxylic acid groups (broad SMARTS) is 1. The summed E-state index contributed by atoms with van der Waals surface area (Å²) in [7, 11) is 0. The summed E-state index contributed by atoms with van der Waals surface area (Å²) >= 11 is 0. The maximum Gasteiger partial charge on any atom is 0.314 e. The molecule has 3 N–H and O–H groups in total. The highest BCUT2D eigenvalue weighted by molar-refractivity contribution is 5.74. The maximum absolute atomic E-state index is 11.5. The van der Waals surface area contributed by atoms with Gasteiger partial charge in [-0.15, -0.1) is 0 Å². The van der Waals surface area contributed by atoms with E-state index < -0.39 is 5.97 Å². The first-order chi connectivity index (χ1) is 8.61. The van der Waals surface area contributed by atoms with E-state index in [2.05, 4.69) is 10.6 Å². The molecule has 0 aromatic carbocycles. The van der Waals surface area contributed by atoms with Crippen LogP contribution in [-0.4, -0.2) is 30.2 Å². The summed E-state index contributed by atoms with van der Waals surface area (Å²) in [5, 5.41) is 14.3. The molecule has 0 aromatic rings. The van der Waals surface area contributed by atoms with Gasteiger partial charge >= 0.3 is 12.0 Å². The van der Waals surface area contributed by atoms with Gasteiger partial charge in [-0.3, -0.25) is 4.79 Å². The van der Waals surface area contributed by atoms with E-state index in [-0.39, 0.29) is 18.4 Å². The van der Waals surface area contributed by atoms with E-state index >= 15 is 0 Å². The third-order valence-corrected chi connectivity index (χ3v) is 3.62. The summed E-state index contributed by atoms with van der Waals surface area (Å²) in [5.41, 5.74) is 0. The lowest BCUT2D eigenvalue weighted by Crippen LogP contribution is -2.40. The van der Waals surface area contributed by atoms with E-state index in [1.807, 2.05) is 6.92 Å². The molecule has 0 aliphatic heterocycles. The van der Waals surface area contributed by atoms with Crippen LogP contribution in [0.15, 0.2) is 0 Å². The van der Waals surface area contributed by atoms with Crippen LogP contribution >= 0.6 is 0 Å². The first kappa shape index (κ1) is 14.8. The van der Waals surface area contributed by atoms with Crippen molar-refractivity contribution in [1.29, 1.82) is 0 Å². The zero-order chi connectivity index (χ0) is 13.4. The molecule has 0 radical (unpaired) electrons. The van der Waals surface area contributed by atoms with Gasteiger partial charge in [0.1, 0.15) is 0 Å². The van der Waals surface area contributed by atoms with E-state index in [9.17, 15) is 9.59 Å². The molecule has 0 saturated heterocycles. The van der Waals surface area contributed by atoms with Gasteiger partial charge in [0.2, 0.25) is 0 Å². The lowest BCUT2D eigenvalue weighted by atomic mass is 10.0. The monoisotopic (exact) mass is 256 g/mol. The molecular formula is C13H24N2O3. The molecule has 5 heteroatoms. The van der Waals surface area contributed by atoms with Gasteiger partial charge in [0.15, 0.2) is 0 Å². The molecule has 0 bridgehead atoms. The number of carboxylic acids is 1. The molecule has 0 aromatic heterocycles. The Hall–Kier alpha value is -1.26. The zero-order valence-corrected chi connectivity index (χ0v) is 11.1.